The van der Waals surface area contributed by atoms with E-state index in [0.29, 0.717) is 24.7 Å². The quantitative estimate of drug-likeness (QED) is 0.830. The summed E-state index contributed by atoms with van der Waals surface area (Å²) in [5.74, 6) is 0.994. The Labute approximate surface area is 108 Å². The second-order valence-electron chi connectivity index (χ2n) is 5.94. The number of likely N-dealkylation sites (tertiary alicyclic amines) is 1. The number of Topliss-reactive ketones (excluding diaryl/α,β-unsaturated/α-hetero) is 1. The monoisotopic (exact) mass is 253 g/mol. The third kappa shape index (κ3) is 2.74. The molecule has 2 unspecified atom stereocenters. The van der Waals surface area contributed by atoms with Crippen molar-refractivity contribution in [3.63, 3.8) is 0 Å². The van der Waals surface area contributed by atoms with Crippen LogP contribution in [-0.2, 0) is 9.59 Å². The van der Waals surface area contributed by atoms with Crippen LogP contribution >= 0.6 is 0 Å². The predicted octanol–water partition coefficient (Wildman–Crippen LogP) is 1.57. The van der Waals surface area contributed by atoms with Crippen molar-refractivity contribution in [3.8, 4) is 0 Å². The molecule has 4 nitrogen and oxygen atoms in total. The number of amides is 1. The van der Waals surface area contributed by atoms with E-state index in [0.717, 1.165) is 25.7 Å². The minimum absolute atomic E-state index is 0.0476. The van der Waals surface area contributed by atoms with Crippen molar-refractivity contribution in [3.05, 3.63) is 0 Å². The zero-order valence-corrected chi connectivity index (χ0v) is 11.3. The van der Waals surface area contributed by atoms with Crippen LogP contribution in [0.1, 0.15) is 46.0 Å². The average molecular weight is 253 g/mol. The van der Waals surface area contributed by atoms with Crippen molar-refractivity contribution in [2.45, 2.75) is 52.2 Å². The molecule has 2 rings (SSSR count). The van der Waals surface area contributed by atoms with Gasteiger partial charge in [-0.15, -0.1) is 0 Å². The van der Waals surface area contributed by atoms with Crippen LogP contribution in [0.3, 0.4) is 0 Å². The molecule has 0 radical (unpaired) electrons. The number of aliphatic hydroxyl groups is 1. The fraction of sp³-hybridized carbons (Fsp3) is 0.857. The molecule has 0 aromatic carbocycles. The van der Waals surface area contributed by atoms with Gasteiger partial charge in [0.25, 0.3) is 0 Å². The van der Waals surface area contributed by atoms with E-state index in [9.17, 15) is 14.7 Å². The van der Waals surface area contributed by atoms with Crippen LogP contribution in [0.4, 0.5) is 0 Å². The first-order chi connectivity index (χ1) is 8.49. The summed E-state index contributed by atoms with van der Waals surface area (Å²) in [6.45, 7) is 4.20. The fourth-order valence-electron chi connectivity index (χ4n) is 3.22. The third-order valence-corrected chi connectivity index (χ3v) is 4.51. The van der Waals surface area contributed by atoms with Gasteiger partial charge in [0.2, 0.25) is 5.91 Å². The van der Waals surface area contributed by atoms with Crippen LogP contribution in [0, 0.1) is 17.8 Å². The summed E-state index contributed by atoms with van der Waals surface area (Å²) in [4.78, 5) is 24.8. The lowest BCUT2D eigenvalue weighted by Crippen LogP contribution is -2.38. The fourth-order valence-corrected chi connectivity index (χ4v) is 3.22. The molecule has 1 aliphatic carbocycles. The molecule has 1 amide bonds. The van der Waals surface area contributed by atoms with Crippen molar-refractivity contribution < 1.29 is 14.7 Å². The average Bonchev–Trinajstić information content (AvgIpc) is 2.57. The topological polar surface area (TPSA) is 57.6 Å². The van der Waals surface area contributed by atoms with Gasteiger partial charge in [0.1, 0.15) is 12.0 Å². The zero-order valence-electron chi connectivity index (χ0n) is 11.3. The van der Waals surface area contributed by atoms with E-state index >= 15 is 0 Å². The van der Waals surface area contributed by atoms with Crippen LogP contribution in [-0.4, -0.2) is 34.5 Å². The molecule has 0 aromatic heterocycles. The smallest absolute Gasteiger partial charge is 0.227 e. The highest BCUT2D eigenvalue weighted by Crippen LogP contribution is 2.32. The van der Waals surface area contributed by atoms with Crippen molar-refractivity contribution in [1.29, 1.82) is 0 Å². The summed E-state index contributed by atoms with van der Waals surface area (Å²) in [7, 11) is 0. The molecule has 2 fully saturated rings. The van der Waals surface area contributed by atoms with Gasteiger partial charge in [-0.2, -0.15) is 0 Å². The molecular formula is C14H23NO3. The summed E-state index contributed by atoms with van der Waals surface area (Å²) >= 11 is 0. The van der Waals surface area contributed by atoms with Gasteiger partial charge in [0.05, 0.1) is 0 Å². The van der Waals surface area contributed by atoms with Crippen LogP contribution in [0.2, 0.25) is 0 Å². The van der Waals surface area contributed by atoms with Gasteiger partial charge in [0.15, 0.2) is 0 Å². The molecule has 4 heteroatoms. The maximum Gasteiger partial charge on any atom is 0.227 e. The van der Waals surface area contributed by atoms with Crippen molar-refractivity contribution in [2.24, 2.45) is 17.8 Å². The number of rotatable bonds is 3. The van der Waals surface area contributed by atoms with Gasteiger partial charge < -0.3 is 10.0 Å². The van der Waals surface area contributed by atoms with Crippen LogP contribution in [0.25, 0.3) is 0 Å². The first-order valence-electron chi connectivity index (χ1n) is 6.98. The van der Waals surface area contributed by atoms with E-state index in [4.69, 9.17) is 0 Å². The minimum atomic E-state index is -0.599. The normalized spacial score (nSPS) is 37.1. The molecule has 2 aliphatic rings. The van der Waals surface area contributed by atoms with E-state index in [-0.39, 0.29) is 17.7 Å². The molecule has 1 aliphatic heterocycles. The molecule has 0 bridgehead atoms. The maximum atomic E-state index is 11.9. The highest BCUT2D eigenvalue weighted by molar-refractivity contribution is 5.80. The highest BCUT2D eigenvalue weighted by atomic mass is 16.3. The lowest BCUT2D eigenvalue weighted by atomic mass is 9.80. The number of hydrogen-bond acceptors (Lipinski definition) is 3. The lowest BCUT2D eigenvalue weighted by Gasteiger charge is -2.31. The standard InChI is InChI=1S/C14H23NO3/c1-9-7-13(17)15(14(9)18)8-11-3-5-12(6-4-11)10(2)16/h9,11-13,17H,3-8H2,1-2H3. The van der Waals surface area contributed by atoms with E-state index in [1.165, 1.54) is 0 Å². The molecule has 0 aromatic rings. The Morgan fingerprint density at radius 3 is 2.39 bits per heavy atom. The van der Waals surface area contributed by atoms with Crippen molar-refractivity contribution >= 4 is 11.7 Å². The third-order valence-electron chi connectivity index (χ3n) is 4.51. The summed E-state index contributed by atoms with van der Waals surface area (Å²) < 4.78 is 0. The molecular weight excluding hydrogens is 230 g/mol. The number of carbonyl (C=O) groups is 2. The van der Waals surface area contributed by atoms with Crippen molar-refractivity contribution in [1.82, 2.24) is 4.90 Å². The molecule has 1 saturated heterocycles. The first kappa shape index (κ1) is 13.5. The number of nitrogens with zero attached hydrogens (tertiary/aromatic N) is 1. The summed E-state index contributed by atoms with van der Waals surface area (Å²) in [5.41, 5.74) is 0. The maximum absolute atomic E-state index is 11.9. The van der Waals surface area contributed by atoms with Gasteiger partial charge in [-0.05, 0) is 38.5 Å². The summed E-state index contributed by atoms with van der Waals surface area (Å²) in [6.07, 6.45) is 3.82. The molecule has 0 spiro atoms. The molecule has 1 N–H and O–H groups in total. The number of carbonyl (C=O) groups excluding carboxylic acids is 2. The van der Waals surface area contributed by atoms with Crippen LogP contribution in [0.5, 0.6) is 0 Å². The molecule has 18 heavy (non-hydrogen) atoms. The van der Waals surface area contributed by atoms with Gasteiger partial charge >= 0.3 is 0 Å². The second kappa shape index (κ2) is 5.39. The van der Waals surface area contributed by atoms with Gasteiger partial charge in [-0.1, -0.05) is 6.92 Å². The summed E-state index contributed by atoms with van der Waals surface area (Å²) in [6, 6.07) is 0. The van der Waals surface area contributed by atoms with Crippen LogP contribution < -0.4 is 0 Å². The van der Waals surface area contributed by atoms with Gasteiger partial charge in [-0.25, -0.2) is 0 Å². The summed E-state index contributed by atoms with van der Waals surface area (Å²) in [5, 5.41) is 9.85. The zero-order chi connectivity index (χ0) is 13.3. The minimum Gasteiger partial charge on any atom is -0.373 e. The number of hydrogen-bond donors (Lipinski definition) is 1. The lowest BCUT2D eigenvalue weighted by molar-refractivity contribution is -0.136. The van der Waals surface area contributed by atoms with E-state index in [2.05, 4.69) is 0 Å². The SMILES string of the molecule is CC(=O)C1CCC(CN2C(=O)C(C)CC2O)CC1. The molecule has 1 saturated carbocycles. The Kier molecular flexibility index (Phi) is 4.05. The number of ketones is 1. The molecule has 2 atom stereocenters. The number of aliphatic hydroxyl groups excluding tert-OH is 1. The second-order valence-corrected chi connectivity index (χ2v) is 5.94. The first-order valence-corrected chi connectivity index (χ1v) is 6.98. The van der Waals surface area contributed by atoms with Gasteiger partial charge in [-0.3, -0.25) is 9.59 Å². The largest absolute Gasteiger partial charge is 0.373 e. The Hall–Kier alpha value is -0.900. The van der Waals surface area contributed by atoms with E-state index in [1.807, 2.05) is 6.92 Å². The Balaban J connectivity index is 1.85. The van der Waals surface area contributed by atoms with Gasteiger partial charge in [0, 0.05) is 24.8 Å². The highest BCUT2D eigenvalue weighted by Gasteiger charge is 2.37. The van der Waals surface area contributed by atoms with E-state index in [1.54, 1.807) is 11.8 Å². The predicted molar refractivity (Wildman–Crippen MR) is 67.6 cm³/mol. The van der Waals surface area contributed by atoms with Crippen molar-refractivity contribution in [2.75, 3.05) is 6.54 Å². The van der Waals surface area contributed by atoms with E-state index < -0.39 is 6.23 Å². The Bertz CT molecular complexity index is 334. The Morgan fingerprint density at radius 2 is 1.94 bits per heavy atom. The molecule has 102 valence electrons. The van der Waals surface area contributed by atoms with Crippen LogP contribution in [0.15, 0.2) is 0 Å². The molecule has 1 heterocycles. The Morgan fingerprint density at radius 1 is 1.33 bits per heavy atom.